The first-order chi connectivity index (χ1) is 15.4. The third-order valence-electron chi connectivity index (χ3n) is 5.55. The summed E-state index contributed by atoms with van der Waals surface area (Å²) in [6.07, 6.45) is 3.36. The number of aromatic nitrogens is 1. The summed E-state index contributed by atoms with van der Waals surface area (Å²) < 4.78 is 28.3. The minimum atomic E-state index is -3.72. The molecule has 0 radical (unpaired) electrons. The van der Waals surface area contributed by atoms with Crippen molar-refractivity contribution >= 4 is 15.9 Å². The van der Waals surface area contributed by atoms with Crippen LogP contribution in [0.15, 0.2) is 78.0 Å². The number of nitrogens with zero attached hydrogens (tertiary/aromatic N) is 3. The molecule has 1 fully saturated rings. The largest absolute Gasteiger partial charge is 0.348 e. The first-order valence-corrected chi connectivity index (χ1v) is 11.9. The molecule has 1 aliphatic heterocycles. The molecular formula is C24H26N4O3S. The van der Waals surface area contributed by atoms with Gasteiger partial charge in [-0.05, 0) is 48.0 Å². The predicted octanol–water partition coefficient (Wildman–Crippen LogP) is 2.61. The molecule has 0 atom stereocenters. The fraction of sp³-hybridized carbons (Fsp3) is 0.250. The van der Waals surface area contributed by atoms with Crippen LogP contribution in [0.25, 0.3) is 11.1 Å². The van der Waals surface area contributed by atoms with E-state index in [1.807, 2.05) is 43.4 Å². The summed E-state index contributed by atoms with van der Waals surface area (Å²) in [6.45, 7) is 2.52. The van der Waals surface area contributed by atoms with Gasteiger partial charge in [0.15, 0.2) is 0 Å². The van der Waals surface area contributed by atoms with Gasteiger partial charge in [-0.3, -0.25) is 9.78 Å². The van der Waals surface area contributed by atoms with E-state index in [9.17, 15) is 13.2 Å². The monoisotopic (exact) mass is 450 g/mol. The highest BCUT2D eigenvalue weighted by atomic mass is 32.2. The van der Waals surface area contributed by atoms with Crippen LogP contribution >= 0.6 is 0 Å². The maximum atomic E-state index is 13.4. The molecule has 7 nitrogen and oxygen atoms in total. The standard InChI is InChI=1S/C24H26N4O3S/c1-27-10-12-28(13-11-27)32(30,31)23-15-21(20-7-3-2-4-8-20)14-22(16-23)24(29)26-18-19-6-5-9-25-17-19/h2-9,14-17H,10-13,18H2,1H3,(H,26,29). The summed E-state index contributed by atoms with van der Waals surface area (Å²) in [5.41, 5.74) is 2.71. The number of hydrogen-bond acceptors (Lipinski definition) is 5. The number of hydrogen-bond donors (Lipinski definition) is 1. The average molecular weight is 451 g/mol. The van der Waals surface area contributed by atoms with Crippen LogP contribution in [-0.2, 0) is 16.6 Å². The zero-order valence-electron chi connectivity index (χ0n) is 17.9. The van der Waals surface area contributed by atoms with Crippen molar-refractivity contribution in [1.82, 2.24) is 19.5 Å². The van der Waals surface area contributed by atoms with Crippen LogP contribution in [0.1, 0.15) is 15.9 Å². The Morgan fingerprint density at radius 1 is 0.969 bits per heavy atom. The molecule has 0 spiro atoms. The van der Waals surface area contributed by atoms with Crippen molar-refractivity contribution in [3.8, 4) is 11.1 Å². The van der Waals surface area contributed by atoms with Gasteiger partial charge in [0, 0.05) is 50.7 Å². The second-order valence-corrected chi connectivity index (χ2v) is 9.80. The van der Waals surface area contributed by atoms with Crippen molar-refractivity contribution in [2.24, 2.45) is 0 Å². The molecule has 4 rings (SSSR count). The van der Waals surface area contributed by atoms with Crippen LogP contribution in [0.3, 0.4) is 0 Å². The molecule has 166 valence electrons. The van der Waals surface area contributed by atoms with Crippen molar-refractivity contribution in [1.29, 1.82) is 0 Å². The predicted molar refractivity (Wildman–Crippen MR) is 124 cm³/mol. The van der Waals surface area contributed by atoms with E-state index >= 15 is 0 Å². The fourth-order valence-electron chi connectivity index (χ4n) is 3.64. The molecule has 0 bridgehead atoms. The van der Waals surface area contributed by atoms with Crippen LogP contribution in [0.5, 0.6) is 0 Å². The SMILES string of the molecule is CN1CCN(S(=O)(=O)c2cc(C(=O)NCc3cccnc3)cc(-c3ccccc3)c2)CC1. The Morgan fingerprint density at radius 2 is 1.72 bits per heavy atom. The Morgan fingerprint density at radius 3 is 2.41 bits per heavy atom. The van der Waals surface area contributed by atoms with Gasteiger partial charge in [0.1, 0.15) is 0 Å². The number of carbonyl (C=O) groups is 1. The van der Waals surface area contributed by atoms with Gasteiger partial charge in [0.05, 0.1) is 4.90 Å². The molecule has 3 aromatic rings. The van der Waals surface area contributed by atoms with Gasteiger partial charge in [-0.15, -0.1) is 0 Å². The Balaban J connectivity index is 1.67. The van der Waals surface area contributed by atoms with Crippen LogP contribution in [0.4, 0.5) is 0 Å². The third-order valence-corrected chi connectivity index (χ3v) is 7.43. The number of amides is 1. The van der Waals surface area contributed by atoms with Gasteiger partial charge in [0.2, 0.25) is 10.0 Å². The third kappa shape index (κ3) is 5.04. The number of benzene rings is 2. The van der Waals surface area contributed by atoms with Gasteiger partial charge in [-0.25, -0.2) is 8.42 Å². The van der Waals surface area contributed by atoms with Crippen LogP contribution in [0, 0.1) is 0 Å². The van der Waals surface area contributed by atoms with Gasteiger partial charge >= 0.3 is 0 Å². The lowest BCUT2D eigenvalue weighted by molar-refractivity contribution is 0.0950. The lowest BCUT2D eigenvalue weighted by Crippen LogP contribution is -2.47. The van der Waals surface area contributed by atoms with E-state index in [0.717, 1.165) is 11.1 Å². The summed E-state index contributed by atoms with van der Waals surface area (Å²) in [7, 11) is -1.75. The van der Waals surface area contributed by atoms with E-state index in [4.69, 9.17) is 0 Å². The number of nitrogens with one attached hydrogen (secondary N) is 1. The van der Waals surface area contributed by atoms with Gasteiger partial charge in [-0.1, -0.05) is 36.4 Å². The Kier molecular flexibility index (Phi) is 6.64. The zero-order valence-corrected chi connectivity index (χ0v) is 18.8. The van der Waals surface area contributed by atoms with Crippen molar-refractivity contribution in [3.63, 3.8) is 0 Å². The fourth-order valence-corrected chi connectivity index (χ4v) is 5.13. The normalized spacial score (nSPS) is 15.4. The molecule has 2 aromatic carbocycles. The molecule has 0 aliphatic carbocycles. The van der Waals surface area contributed by atoms with Crippen LogP contribution in [-0.4, -0.2) is 61.7 Å². The molecule has 32 heavy (non-hydrogen) atoms. The molecule has 8 heteroatoms. The minimum Gasteiger partial charge on any atom is -0.348 e. The van der Waals surface area contributed by atoms with E-state index in [1.54, 1.807) is 30.6 Å². The summed E-state index contributed by atoms with van der Waals surface area (Å²) in [5, 5.41) is 2.86. The van der Waals surface area contributed by atoms with Crippen molar-refractivity contribution < 1.29 is 13.2 Å². The van der Waals surface area contributed by atoms with Gasteiger partial charge in [-0.2, -0.15) is 4.31 Å². The van der Waals surface area contributed by atoms with E-state index < -0.39 is 10.0 Å². The lowest BCUT2D eigenvalue weighted by Gasteiger charge is -2.31. The Bertz CT molecular complexity index is 1180. The van der Waals surface area contributed by atoms with Crippen LogP contribution in [0.2, 0.25) is 0 Å². The highest BCUT2D eigenvalue weighted by molar-refractivity contribution is 7.89. The molecule has 1 N–H and O–H groups in total. The molecule has 1 saturated heterocycles. The van der Waals surface area contributed by atoms with Crippen molar-refractivity contribution in [2.75, 3.05) is 33.2 Å². The second kappa shape index (κ2) is 9.60. The van der Waals surface area contributed by atoms with E-state index in [2.05, 4.69) is 15.2 Å². The van der Waals surface area contributed by atoms with E-state index in [0.29, 0.717) is 43.9 Å². The summed E-state index contributed by atoms with van der Waals surface area (Å²) in [4.78, 5) is 19.2. The number of carbonyl (C=O) groups excluding carboxylic acids is 1. The molecule has 1 aliphatic rings. The molecular weight excluding hydrogens is 424 g/mol. The number of piperazine rings is 1. The lowest BCUT2D eigenvalue weighted by atomic mass is 10.0. The van der Waals surface area contributed by atoms with E-state index in [1.165, 1.54) is 10.4 Å². The quantitative estimate of drug-likeness (QED) is 0.624. The highest BCUT2D eigenvalue weighted by Gasteiger charge is 2.28. The first-order valence-electron chi connectivity index (χ1n) is 10.5. The van der Waals surface area contributed by atoms with Crippen molar-refractivity contribution in [3.05, 3.63) is 84.2 Å². The zero-order chi connectivity index (χ0) is 22.6. The summed E-state index contributed by atoms with van der Waals surface area (Å²) >= 11 is 0. The summed E-state index contributed by atoms with van der Waals surface area (Å²) in [6, 6.07) is 18.0. The molecule has 0 saturated carbocycles. The molecule has 0 unspecified atom stereocenters. The number of sulfonamides is 1. The Hall–Kier alpha value is -3.07. The second-order valence-electron chi connectivity index (χ2n) is 7.86. The maximum Gasteiger partial charge on any atom is 0.251 e. The molecule has 1 amide bonds. The van der Waals surface area contributed by atoms with Gasteiger partial charge < -0.3 is 10.2 Å². The van der Waals surface area contributed by atoms with Gasteiger partial charge in [0.25, 0.3) is 5.91 Å². The van der Waals surface area contributed by atoms with Crippen LogP contribution < -0.4 is 5.32 Å². The number of pyridine rings is 1. The van der Waals surface area contributed by atoms with Crippen molar-refractivity contribution in [2.45, 2.75) is 11.4 Å². The molecule has 2 heterocycles. The minimum absolute atomic E-state index is 0.134. The highest BCUT2D eigenvalue weighted by Crippen LogP contribution is 2.27. The maximum absolute atomic E-state index is 13.4. The Labute approximate surface area is 188 Å². The first kappa shape index (κ1) is 22.1. The smallest absolute Gasteiger partial charge is 0.251 e. The molecule has 1 aromatic heterocycles. The number of rotatable bonds is 6. The number of likely N-dealkylation sites (N-methyl/N-ethyl adjacent to an activating group) is 1. The summed E-state index contributed by atoms with van der Waals surface area (Å²) in [5.74, 6) is -0.332. The van der Waals surface area contributed by atoms with E-state index in [-0.39, 0.29) is 10.8 Å². The average Bonchev–Trinajstić information content (AvgIpc) is 2.83. The topological polar surface area (TPSA) is 82.6 Å².